The minimum Gasteiger partial charge on any atom is -0.492 e. The number of benzene rings is 2. The number of halogens is 1. The van der Waals surface area contributed by atoms with Crippen LogP contribution in [0.4, 0.5) is 0 Å². The SMILES string of the molecule is Cc1cc(OCCn2c(Cc3cccs3)nc3ccccc32)cc(C)c1Cl. The molecule has 0 amide bonds. The highest BCUT2D eigenvalue weighted by atomic mass is 35.5. The van der Waals surface area contributed by atoms with Crippen molar-refractivity contribution in [2.24, 2.45) is 0 Å². The van der Waals surface area contributed by atoms with Gasteiger partial charge >= 0.3 is 0 Å². The van der Waals surface area contributed by atoms with Crippen molar-refractivity contribution >= 4 is 34.0 Å². The summed E-state index contributed by atoms with van der Waals surface area (Å²) >= 11 is 8.02. The molecule has 4 aromatic rings. The number of nitrogens with zero attached hydrogens (tertiary/aromatic N) is 2. The van der Waals surface area contributed by atoms with Gasteiger partial charge in [-0.2, -0.15) is 0 Å². The number of fused-ring (bicyclic) bond motifs is 1. The van der Waals surface area contributed by atoms with Gasteiger partial charge in [-0.05, 0) is 60.7 Å². The van der Waals surface area contributed by atoms with Crippen molar-refractivity contribution in [2.45, 2.75) is 26.8 Å². The molecule has 3 nitrogen and oxygen atoms in total. The van der Waals surface area contributed by atoms with E-state index >= 15 is 0 Å². The Bertz CT molecular complexity index is 1050. The fourth-order valence-corrected chi connectivity index (χ4v) is 4.13. The van der Waals surface area contributed by atoms with Gasteiger partial charge < -0.3 is 9.30 Å². The summed E-state index contributed by atoms with van der Waals surface area (Å²) in [5.74, 6) is 1.93. The Labute approximate surface area is 168 Å². The maximum atomic E-state index is 6.25. The number of aromatic nitrogens is 2. The Morgan fingerprint density at radius 3 is 2.59 bits per heavy atom. The maximum Gasteiger partial charge on any atom is 0.120 e. The number of para-hydroxylation sites is 2. The predicted octanol–water partition coefficient (Wildman–Crippen LogP) is 6.04. The van der Waals surface area contributed by atoms with Crippen LogP contribution in [0.3, 0.4) is 0 Å². The summed E-state index contributed by atoms with van der Waals surface area (Å²) in [4.78, 5) is 6.17. The second-order valence-corrected chi connectivity index (χ2v) is 8.05. The number of ether oxygens (including phenoxy) is 1. The highest BCUT2D eigenvalue weighted by molar-refractivity contribution is 7.09. The van der Waals surface area contributed by atoms with E-state index in [1.165, 1.54) is 4.88 Å². The molecule has 0 fully saturated rings. The van der Waals surface area contributed by atoms with Crippen molar-refractivity contribution in [3.8, 4) is 5.75 Å². The Kier molecular flexibility index (Phi) is 5.19. The molecule has 0 aliphatic heterocycles. The first-order valence-corrected chi connectivity index (χ1v) is 10.2. The fourth-order valence-electron chi connectivity index (χ4n) is 3.32. The summed E-state index contributed by atoms with van der Waals surface area (Å²) in [5, 5.41) is 2.91. The molecule has 27 heavy (non-hydrogen) atoms. The molecule has 5 heteroatoms. The van der Waals surface area contributed by atoms with Crippen LogP contribution in [-0.2, 0) is 13.0 Å². The van der Waals surface area contributed by atoms with Crippen LogP contribution in [0, 0.1) is 13.8 Å². The second kappa shape index (κ2) is 7.75. The monoisotopic (exact) mass is 396 g/mol. The largest absolute Gasteiger partial charge is 0.492 e. The lowest BCUT2D eigenvalue weighted by Crippen LogP contribution is -2.11. The number of hydrogen-bond acceptors (Lipinski definition) is 3. The van der Waals surface area contributed by atoms with Gasteiger partial charge in [0.05, 0.1) is 17.6 Å². The number of thiophene rings is 1. The third-order valence-corrected chi connectivity index (χ3v) is 6.11. The molecule has 138 valence electrons. The van der Waals surface area contributed by atoms with Gasteiger partial charge in [0.2, 0.25) is 0 Å². The third kappa shape index (κ3) is 3.87. The topological polar surface area (TPSA) is 27.1 Å². The van der Waals surface area contributed by atoms with E-state index in [1.807, 2.05) is 32.0 Å². The van der Waals surface area contributed by atoms with Crippen LogP contribution in [0.1, 0.15) is 21.8 Å². The van der Waals surface area contributed by atoms with Gasteiger partial charge in [0.25, 0.3) is 0 Å². The van der Waals surface area contributed by atoms with Gasteiger partial charge in [-0.3, -0.25) is 0 Å². The predicted molar refractivity (Wildman–Crippen MR) is 113 cm³/mol. The Morgan fingerprint density at radius 2 is 1.85 bits per heavy atom. The van der Waals surface area contributed by atoms with Gasteiger partial charge in [-0.15, -0.1) is 11.3 Å². The summed E-state index contributed by atoms with van der Waals surface area (Å²) < 4.78 is 8.30. The van der Waals surface area contributed by atoms with Crippen LogP contribution in [-0.4, -0.2) is 16.2 Å². The second-order valence-electron chi connectivity index (χ2n) is 6.64. The minimum absolute atomic E-state index is 0.582. The fraction of sp³-hybridized carbons (Fsp3) is 0.227. The molecule has 0 aliphatic carbocycles. The molecule has 2 aromatic heterocycles. The summed E-state index contributed by atoms with van der Waals surface area (Å²) in [6, 6.07) is 16.5. The zero-order valence-corrected chi connectivity index (χ0v) is 17.0. The van der Waals surface area contributed by atoms with Gasteiger partial charge in [-0.1, -0.05) is 29.8 Å². The van der Waals surface area contributed by atoms with Crippen LogP contribution in [0.25, 0.3) is 11.0 Å². The molecule has 2 aromatic carbocycles. The molecule has 2 heterocycles. The van der Waals surface area contributed by atoms with E-state index in [4.69, 9.17) is 21.3 Å². The minimum atomic E-state index is 0.582. The molecule has 0 atom stereocenters. The van der Waals surface area contributed by atoms with E-state index < -0.39 is 0 Å². The van der Waals surface area contributed by atoms with E-state index in [0.717, 1.165) is 51.7 Å². The number of rotatable bonds is 6. The number of hydrogen-bond donors (Lipinski definition) is 0. The van der Waals surface area contributed by atoms with Crippen LogP contribution in [0.15, 0.2) is 53.9 Å². The average molecular weight is 397 g/mol. The van der Waals surface area contributed by atoms with Crippen molar-refractivity contribution in [2.75, 3.05) is 6.61 Å². The van der Waals surface area contributed by atoms with Crippen LogP contribution in [0.2, 0.25) is 5.02 Å². The van der Waals surface area contributed by atoms with Crippen LogP contribution < -0.4 is 4.74 Å². The average Bonchev–Trinajstić information content (AvgIpc) is 3.28. The van der Waals surface area contributed by atoms with Crippen molar-refractivity contribution in [3.63, 3.8) is 0 Å². The normalized spacial score (nSPS) is 11.2. The van der Waals surface area contributed by atoms with Gasteiger partial charge in [-0.25, -0.2) is 4.98 Å². The Balaban J connectivity index is 1.56. The Hall–Kier alpha value is -2.30. The maximum absolute atomic E-state index is 6.25. The molecule has 0 N–H and O–H groups in total. The zero-order valence-electron chi connectivity index (χ0n) is 15.4. The molecule has 0 unspecified atom stereocenters. The summed E-state index contributed by atoms with van der Waals surface area (Å²) in [5.41, 5.74) is 4.26. The molecule has 0 radical (unpaired) electrons. The molecule has 4 rings (SSSR count). The molecule has 0 aliphatic rings. The lowest BCUT2D eigenvalue weighted by Gasteiger charge is -2.12. The first-order chi connectivity index (χ1) is 13.1. The van der Waals surface area contributed by atoms with Crippen LogP contribution in [0.5, 0.6) is 5.75 Å². The van der Waals surface area contributed by atoms with Gasteiger partial charge in [0, 0.05) is 16.3 Å². The standard InChI is InChI=1S/C22H21ClN2OS/c1-15-12-17(13-16(2)22(15)23)26-10-9-25-20-8-4-3-7-19(20)24-21(25)14-18-6-5-11-27-18/h3-8,11-13H,9-10,14H2,1-2H3. The van der Waals surface area contributed by atoms with Crippen molar-refractivity contribution in [3.05, 3.63) is 80.8 Å². The van der Waals surface area contributed by atoms with E-state index in [2.05, 4.69) is 40.3 Å². The first kappa shape index (κ1) is 18.1. The van der Waals surface area contributed by atoms with E-state index in [9.17, 15) is 0 Å². The molecule has 0 spiro atoms. The summed E-state index contributed by atoms with van der Waals surface area (Å²) in [6.07, 6.45) is 0.839. The van der Waals surface area contributed by atoms with Crippen molar-refractivity contribution < 1.29 is 4.74 Å². The molecule has 0 saturated heterocycles. The van der Waals surface area contributed by atoms with Crippen molar-refractivity contribution in [1.82, 2.24) is 9.55 Å². The van der Waals surface area contributed by atoms with E-state index in [0.29, 0.717) is 6.61 Å². The van der Waals surface area contributed by atoms with Gasteiger partial charge in [0.15, 0.2) is 0 Å². The molecule has 0 saturated carbocycles. The first-order valence-electron chi connectivity index (χ1n) is 8.98. The smallest absolute Gasteiger partial charge is 0.120 e. The lowest BCUT2D eigenvalue weighted by molar-refractivity contribution is 0.298. The molecular formula is C22H21ClN2OS. The van der Waals surface area contributed by atoms with E-state index in [-0.39, 0.29) is 0 Å². The van der Waals surface area contributed by atoms with E-state index in [1.54, 1.807) is 11.3 Å². The number of imidazole rings is 1. The highest BCUT2D eigenvalue weighted by Crippen LogP contribution is 2.26. The third-order valence-electron chi connectivity index (χ3n) is 4.64. The summed E-state index contributed by atoms with van der Waals surface area (Å²) in [7, 11) is 0. The zero-order chi connectivity index (χ0) is 18.8. The molecule has 0 bridgehead atoms. The molecular weight excluding hydrogens is 376 g/mol. The van der Waals surface area contributed by atoms with Crippen LogP contribution >= 0.6 is 22.9 Å². The van der Waals surface area contributed by atoms with Gasteiger partial charge in [0.1, 0.15) is 18.2 Å². The highest BCUT2D eigenvalue weighted by Gasteiger charge is 2.12. The van der Waals surface area contributed by atoms with Crippen molar-refractivity contribution in [1.29, 1.82) is 0 Å². The lowest BCUT2D eigenvalue weighted by atomic mass is 10.1. The summed E-state index contributed by atoms with van der Waals surface area (Å²) in [6.45, 7) is 5.34. The Morgan fingerprint density at radius 1 is 1.07 bits per heavy atom. The quantitative estimate of drug-likeness (QED) is 0.397. The number of aryl methyl sites for hydroxylation is 2.